The molecule has 0 aliphatic carbocycles. The zero-order valence-corrected chi connectivity index (χ0v) is 18.6. The molecule has 3 heterocycles. The number of esters is 1. The number of carbonyl (C=O) groups excluding carboxylic acids is 3. The van der Waals surface area contributed by atoms with Crippen LogP contribution in [0.25, 0.3) is 11.5 Å². The number of anilines is 1. The van der Waals surface area contributed by atoms with Crippen LogP contribution in [0.3, 0.4) is 0 Å². The smallest absolute Gasteiger partial charge is 0.339 e. The van der Waals surface area contributed by atoms with Crippen LogP contribution in [-0.2, 0) is 22.5 Å². The number of aromatic nitrogens is 2. The number of amides is 2. The van der Waals surface area contributed by atoms with Crippen molar-refractivity contribution < 1.29 is 23.5 Å². The summed E-state index contributed by atoms with van der Waals surface area (Å²) in [7, 11) is 1.32. The Labute approximate surface area is 183 Å². The Morgan fingerprint density at radius 3 is 2.74 bits per heavy atom. The number of furan rings is 1. The highest BCUT2D eigenvalue weighted by Gasteiger charge is 2.25. The van der Waals surface area contributed by atoms with Crippen molar-refractivity contribution in [3.8, 4) is 11.5 Å². The fourth-order valence-electron chi connectivity index (χ4n) is 3.18. The Balaban J connectivity index is 1.77. The molecule has 3 aromatic heterocycles. The number of rotatable bonds is 8. The van der Waals surface area contributed by atoms with Crippen LogP contribution in [0.2, 0.25) is 0 Å². The second kappa shape index (κ2) is 9.61. The van der Waals surface area contributed by atoms with Gasteiger partial charge < -0.3 is 19.5 Å². The maximum atomic E-state index is 12.9. The first-order chi connectivity index (χ1) is 14.8. The van der Waals surface area contributed by atoms with Crippen molar-refractivity contribution in [2.75, 3.05) is 12.4 Å². The van der Waals surface area contributed by atoms with Gasteiger partial charge in [0.1, 0.15) is 17.1 Å². The van der Waals surface area contributed by atoms with Gasteiger partial charge in [-0.25, -0.2) is 9.78 Å². The Bertz CT molecular complexity index is 1110. The van der Waals surface area contributed by atoms with Crippen LogP contribution in [-0.4, -0.2) is 34.9 Å². The first-order valence-corrected chi connectivity index (χ1v) is 10.6. The average molecular weight is 445 g/mol. The van der Waals surface area contributed by atoms with Gasteiger partial charge >= 0.3 is 5.97 Å². The van der Waals surface area contributed by atoms with Crippen LogP contribution in [0, 0.1) is 6.92 Å². The molecule has 0 atom stereocenters. The first-order valence-electron chi connectivity index (χ1n) is 9.74. The first kappa shape index (κ1) is 22.3. The zero-order valence-electron chi connectivity index (χ0n) is 17.8. The van der Waals surface area contributed by atoms with Gasteiger partial charge in [0.05, 0.1) is 19.2 Å². The highest BCUT2D eigenvalue weighted by atomic mass is 32.1. The summed E-state index contributed by atoms with van der Waals surface area (Å²) in [5.74, 6) is 0.140. The van der Waals surface area contributed by atoms with E-state index in [1.807, 2.05) is 6.92 Å². The number of H-pyrrole nitrogens is 1. The maximum Gasteiger partial charge on any atom is 0.339 e. The Hall–Kier alpha value is -3.40. The number of hydrogen-bond acceptors (Lipinski definition) is 7. The topological polar surface area (TPSA) is 126 Å². The third-order valence-corrected chi connectivity index (χ3v) is 5.32. The predicted molar refractivity (Wildman–Crippen MR) is 116 cm³/mol. The minimum absolute atomic E-state index is 0.144. The van der Waals surface area contributed by atoms with E-state index >= 15 is 0 Å². The van der Waals surface area contributed by atoms with Gasteiger partial charge in [0, 0.05) is 18.0 Å². The molecule has 9 nitrogen and oxygen atoms in total. The molecular formula is C21H24N4O5S. The molecule has 10 heteroatoms. The molecule has 164 valence electrons. The number of methoxy groups -OCH3 is 1. The third kappa shape index (κ3) is 5.02. The molecule has 0 spiro atoms. The van der Waals surface area contributed by atoms with E-state index in [-0.39, 0.29) is 18.4 Å². The van der Waals surface area contributed by atoms with Crippen molar-refractivity contribution in [2.45, 2.75) is 40.2 Å². The van der Waals surface area contributed by atoms with Crippen LogP contribution < -0.4 is 10.6 Å². The van der Waals surface area contributed by atoms with E-state index in [9.17, 15) is 14.4 Å². The van der Waals surface area contributed by atoms with Crippen LogP contribution in [0.4, 0.5) is 5.13 Å². The molecule has 2 amide bonds. The van der Waals surface area contributed by atoms with Gasteiger partial charge in [0.2, 0.25) is 5.91 Å². The van der Waals surface area contributed by atoms with Crippen molar-refractivity contribution >= 4 is 34.3 Å². The van der Waals surface area contributed by atoms with Gasteiger partial charge in [0.15, 0.2) is 10.9 Å². The van der Waals surface area contributed by atoms with Crippen molar-refractivity contribution in [1.82, 2.24) is 15.3 Å². The lowest BCUT2D eigenvalue weighted by Crippen LogP contribution is -2.18. The van der Waals surface area contributed by atoms with E-state index in [1.54, 1.807) is 24.4 Å². The number of aryl methyl sites for hydroxylation is 1. The zero-order chi connectivity index (χ0) is 22.5. The Morgan fingerprint density at radius 2 is 2.06 bits per heavy atom. The van der Waals surface area contributed by atoms with Crippen molar-refractivity contribution in [3.05, 3.63) is 45.8 Å². The standard InChI is InChI=1S/C21H24N4O5S/c1-5-6-14-17(20(28)29-4)11(2)23-18(14)19(27)25-21-24-15(10-31-21)16-8-7-13(30-16)9-22-12(3)26/h7-8,10,23H,5-6,9H2,1-4H3,(H,22,26)(H,24,25,27). The second-order valence-corrected chi connectivity index (χ2v) is 7.75. The summed E-state index contributed by atoms with van der Waals surface area (Å²) in [6.45, 7) is 5.43. The van der Waals surface area contributed by atoms with Gasteiger partial charge in [-0.1, -0.05) is 13.3 Å². The normalized spacial score (nSPS) is 10.7. The average Bonchev–Trinajstić information content (AvgIpc) is 3.45. The second-order valence-electron chi connectivity index (χ2n) is 6.89. The van der Waals surface area contributed by atoms with E-state index in [2.05, 4.69) is 20.6 Å². The van der Waals surface area contributed by atoms with E-state index in [1.165, 1.54) is 25.4 Å². The van der Waals surface area contributed by atoms with Gasteiger partial charge in [-0.05, 0) is 31.0 Å². The molecule has 0 bridgehead atoms. The molecule has 0 aliphatic rings. The molecule has 0 unspecified atom stereocenters. The number of thiazole rings is 1. The number of aromatic amines is 1. The molecule has 31 heavy (non-hydrogen) atoms. The fourth-order valence-corrected chi connectivity index (χ4v) is 3.87. The van der Waals surface area contributed by atoms with Gasteiger partial charge in [-0.2, -0.15) is 0 Å². The molecule has 3 aromatic rings. The lowest BCUT2D eigenvalue weighted by molar-refractivity contribution is -0.119. The summed E-state index contributed by atoms with van der Waals surface area (Å²) in [5, 5.41) is 7.61. The van der Waals surface area contributed by atoms with Crippen molar-refractivity contribution in [2.24, 2.45) is 0 Å². The van der Waals surface area contributed by atoms with Crippen molar-refractivity contribution in [1.29, 1.82) is 0 Å². The third-order valence-electron chi connectivity index (χ3n) is 4.56. The number of ether oxygens (including phenoxy) is 1. The number of nitrogens with zero attached hydrogens (tertiary/aromatic N) is 1. The lowest BCUT2D eigenvalue weighted by atomic mass is 10.0. The summed E-state index contributed by atoms with van der Waals surface area (Å²) in [5.41, 5.74) is 2.52. The Kier molecular flexibility index (Phi) is 6.91. The molecule has 0 aromatic carbocycles. The molecule has 3 N–H and O–H groups in total. The van der Waals surface area contributed by atoms with E-state index in [4.69, 9.17) is 9.15 Å². The van der Waals surface area contributed by atoms with E-state index in [0.29, 0.717) is 51.3 Å². The fraction of sp³-hybridized carbons (Fsp3) is 0.333. The SMILES string of the molecule is CCCc1c(C(=O)Nc2nc(-c3ccc(CNC(C)=O)o3)cs2)[nH]c(C)c1C(=O)OC. The molecule has 3 rings (SSSR count). The Morgan fingerprint density at radius 1 is 1.29 bits per heavy atom. The van der Waals surface area contributed by atoms with Crippen LogP contribution in [0.1, 0.15) is 58.1 Å². The number of carbonyl (C=O) groups is 3. The van der Waals surface area contributed by atoms with Gasteiger partial charge in [-0.15, -0.1) is 11.3 Å². The molecule has 0 aliphatic heterocycles. The van der Waals surface area contributed by atoms with E-state index < -0.39 is 5.97 Å². The molecule has 0 radical (unpaired) electrons. The van der Waals surface area contributed by atoms with E-state index in [0.717, 1.165) is 6.42 Å². The van der Waals surface area contributed by atoms with Crippen molar-refractivity contribution in [3.63, 3.8) is 0 Å². The highest BCUT2D eigenvalue weighted by Crippen LogP contribution is 2.28. The summed E-state index contributed by atoms with van der Waals surface area (Å²) >= 11 is 1.26. The predicted octanol–water partition coefficient (Wildman–Crippen LogP) is 3.67. The molecule has 0 fully saturated rings. The largest absolute Gasteiger partial charge is 0.465 e. The minimum Gasteiger partial charge on any atom is -0.465 e. The molecule has 0 saturated carbocycles. The highest BCUT2D eigenvalue weighted by molar-refractivity contribution is 7.14. The summed E-state index contributed by atoms with van der Waals surface area (Å²) in [4.78, 5) is 43.5. The molecule has 0 saturated heterocycles. The van der Waals surface area contributed by atoms with Crippen LogP contribution in [0.15, 0.2) is 21.9 Å². The van der Waals surface area contributed by atoms with Crippen LogP contribution >= 0.6 is 11.3 Å². The maximum absolute atomic E-state index is 12.9. The monoisotopic (exact) mass is 444 g/mol. The summed E-state index contributed by atoms with van der Waals surface area (Å²) in [6, 6.07) is 3.52. The van der Waals surface area contributed by atoms with Crippen LogP contribution in [0.5, 0.6) is 0 Å². The van der Waals surface area contributed by atoms with Gasteiger partial charge in [0.25, 0.3) is 5.91 Å². The minimum atomic E-state index is -0.472. The number of nitrogens with one attached hydrogen (secondary N) is 3. The van der Waals surface area contributed by atoms with Gasteiger partial charge in [-0.3, -0.25) is 14.9 Å². The lowest BCUT2D eigenvalue weighted by Gasteiger charge is -2.05. The summed E-state index contributed by atoms with van der Waals surface area (Å²) < 4.78 is 10.6. The summed E-state index contributed by atoms with van der Waals surface area (Å²) in [6.07, 6.45) is 1.33. The number of hydrogen-bond donors (Lipinski definition) is 3. The quantitative estimate of drug-likeness (QED) is 0.455. The molecular weight excluding hydrogens is 420 g/mol.